The Morgan fingerprint density at radius 1 is 1.12 bits per heavy atom. The summed E-state index contributed by atoms with van der Waals surface area (Å²) in [5.74, 6) is -0.254. The van der Waals surface area contributed by atoms with Crippen LogP contribution < -0.4 is 14.9 Å². The van der Waals surface area contributed by atoms with Gasteiger partial charge in [0, 0.05) is 37.0 Å². The third-order valence-corrected chi connectivity index (χ3v) is 5.53. The Bertz CT molecular complexity index is 939. The minimum Gasteiger partial charge on any atom is -0.355 e. The molecule has 0 aromatic heterocycles. The number of sulfonamides is 1. The van der Waals surface area contributed by atoms with E-state index in [1.165, 1.54) is 25.2 Å². The molecule has 2 amide bonds. The van der Waals surface area contributed by atoms with E-state index in [0.29, 0.717) is 29.9 Å². The summed E-state index contributed by atoms with van der Waals surface area (Å²) in [6, 6.07) is 12.4. The minimum absolute atomic E-state index is 0.0461. The zero-order valence-electron chi connectivity index (χ0n) is 14.2. The summed E-state index contributed by atoms with van der Waals surface area (Å²) in [5.41, 5.74) is 1.34. The van der Waals surface area contributed by atoms with Gasteiger partial charge in [-0.2, -0.15) is 0 Å². The summed E-state index contributed by atoms with van der Waals surface area (Å²) < 4.78 is 27.6. The first kappa shape index (κ1) is 17.9. The average Bonchev–Trinajstić information content (AvgIpc) is 3.07. The third-order valence-electron chi connectivity index (χ3n) is 4.14. The van der Waals surface area contributed by atoms with Crippen LogP contribution in [0.3, 0.4) is 0 Å². The Morgan fingerprint density at radius 2 is 1.85 bits per heavy atom. The second-order valence-corrected chi connectivity index (χ2v) is 7.59. The van der Waals surface area contributed by atoms with Crippen LogP contribution >= 0.6 is 0 Å². The second kappa shape index (κ2) is 7.17. The molecule has 7 nitrogen and oxygen atoms in total. The van der Waals surface area contributed by atoms with E-state index in [2.05, 4.69) is 10.0 Å². The molecule has 26 heavy (non-hydrogen) atoms. The van der Waals surface area contributed by atoms with Crippen molar-refractivity contribution in [3.8, 4) is 0 Å². The molecule has 0 bridgehead atoms. The molecule has 0 saturated carbocycles. The van der Waals surface area contributed by atoms with Crippen molar-refractivity contribution in [2.24, 2.45) is 0 Å². The van der Waals surface area contributed by atoms with Gasteiger partial charge in [0.05, 0.1) is 4.90 Å². The molecule has 2 N–H and O–H groups in total. The van der Waals surface area contributed by atoms with Crippen molar-refractivity contribution >= 4 is 33.2 Å². The molecular formula is C18H19N3O4S. The van der Waals surface area contributed by atoms with E-state index in [1.807, 2.05) is 0 Å². The number of rotatable bonds is 5. The maximum atomic E-state index is 12.6. The lowest BCUT2D eigenvalue weighted by molar-refractivity contribution is -0.117. The minimum atomic E-state index is -3.80. The quantitative estimate of drug-likeness (QED) is 0.838. The number of carbonyl (C=O) groups is 2. The summed E-state index contributed by atoms with van der Waals surface area (Å²) in [6.45, 7) is 0.648. The fourth-order valence-electron chi connectivity index (χ4n) is 2.81. The lowest BCUT2D eigenvalue weighted by Gasteiger charge is -2.16. The van der Waals surface area contributed by atoms with Gasteiger partial charge in [-0.25, -0.2) is 8.42 Å². The van der Waals surface area contributed by atoms with Gasteiger partial charge in [-0.15, -0.1) is 0 Å². The molecule has 1 saturated heterocycles. The van der Waals surface area contributed by atoms with Crippen molar-refractivity contribution < 1.29 is 18.0 Å². The molecule has 0 radical (unpaired) electrons. The van der Waals surface area contributed by atoms with Gasteiger partial charge in [0.2, 0.25) is 5.91 Å². The molecule has 1 heterocycles. The fraction of sp³-hybridized carbons (Fsp3) is 0.222. The van der Waals surface area contributed by atoms with Crippen molar-refractivity contribution in [1.82, 2.24) is 5.32 Å². The number of hydrogen-bond donors (Lipinski definition) is 2. The van der Waals surface area contributed by atoms with Crippen LogP contribution in [0.4, 0.5) is 11.4 Å². The predicted molar refractivity (Wildman–Crippen MR) is 98.7 cm³/mol. The van der Waals surface area contributed by atoms with Crippen LogP contribution in [-0.2, 0) is 14.8 Å². The molecule has 2 aromatic rings. The molecule has 1 aliphatic heterocycles. The van der Waals surface area contributed by atoms with Crippen molar-refractivity contribution in [3.05, 3.63) is 54.1 Å². The SMILES string of the molecule is CNC(=O)c1cccc(NS(=O)(=O)c2ccc(N3CCCC3=O)cc2)c1. The summed E-state index contributed by atoms with van der Waals surface area (Å²) in [6.07, 6.45) is 1.32. The molecular weight excluding hydrogens is 354 g/mol. The lowest BCUT2D eigenvalue weighted by atomic mass is 10.2. The second-order valence-electron chi connectivity index (χ2n) is 5.91. The largest absolute Gasteiger partial charge is 0.355 e. The van der Waals surface area contributed by atoms with Crippen LogP contribution in [0.5, 0.6) is 0 Å². The van der Waals surface area contributed by atoms with Gasteiger partial charge in [-0.3, -0.25) is 14.3 Å². The van der Waals surface area contributed by atoms with E-state index in [1.54, 1.807) is 35.2 Å². The van der Waals surface area contributed by atoms with Crippen molar-refractivity contribution in [1.29, 1.82) is 0 Å². The zero-order valence-corrected chi connectivity index (χ0v) is 15.0. The average molecular weight is 373 g/mol. The number of carbonyl (C=O) groups excluding carboxylic acids is 2. The number of amides is 2. The topological polar surface area (TPSA) is 95.6 Å². The molecule has 8 heteroatoms. The first-order valence-corrected chi connectivity index (χ1v) is 9.64. The molecule has 3 rings (SSSR count). The Morgan fingerprint density at radius 3 is 2.46 bits per heavy atom. The lowest BCUT2D eigenvalue weighted by Crippen LogP contribution is -2.23. The molecule has 1 fully saturated rings. The molecule has 0 spiro atoms. The van der Waals surface area contributed by atoms with E-state index in [-0.39, 0.29) is 16.7 Å². The van der Waals surface area contributed by atoms with Crippen LogP contribution in [-0.4, -0.2) is 33.8 Å². The predicted octanol–water partition coefficient (Wildman–Crippen LogP) is 1.97. The highest BCUT2D eigenvalue weighted by Crippen LogP contribution is 2.24. The van der Waals surface area contributed by atoms with Crippen molar-refractivity contribution in [2.75, 3.05) is 23.2 Å². The van der Waals surface area contributed by atoms with Crippen LogP contribution in [0.2, 0.25) is 0 Å². The van der Waals surface area contributed by atoms with E-state index in [4.69, 9.17) is 0 Å². The van der Waals surface area contributed by atoms with E-state index < -0.39 is 10.0 Å². The fourth-order valence-corrected chi connectivity index (χ4v) is 3.86. The van der Waals surface area contributed by atoms with Crippen LogP contribution in [0, 0.1) is 0 Å². The van der Waals surface area contributed by atoms with Gasteiger partial charge < -0.3 is 10.2 Å². The zero-order chi connectivity index (χ0) is 18.7. The molecule has 0 atom stereocenters. The Labute approximate surface area is 152 Å². The summed E-state index contributed by atoms with van der Waals surface area (Å²) in [7, 11) is -2.30. The number of nitrogens with zero attached hydrogens (tertiary/aromatic N) is 1. The van der Waals surface area contributed by atoms with Crippen LogP contribution in [0.1, 0.15) is 23.2 Å². The highest BCUT2D eigenvalue weighted by Gasteiger charge is 2.22. The normalized spacial score (nSPS) is 14.3. The van der Waals surface area contributed by atoms with Gasteiger partial charge in [-0.05, 0) is 48.9 Å². The summed E-state index contributed by atoms with van der Waals surface area (Å²) in [5, 5.41) is 2.49. The maximum Gasteiger partial charge on any atom is 0.261 e. The Balaban J connectivity index is 1.80. The van der Waals surface area contributed by atoms with E-state index in [9.17, 15) is 18.0 Å². The van der Waals surface area contributed by atoms with Crippen LogP contribution in [0.15, 0.2) is 53.4 Å². The van der Waals surface area contributed by atoms with Gasteiger partial charge in [0.15, 0.2) is 0 Å². The molecule has 0 aliphatic carbocycles. The maximum absolute atomic E-state index is 12.6. The first-order chi connectivity index (χ1) is 12.4. The van der Waals surface area contributed by atoms with E-state index in [0.717, 1.165) is 6.42 Å². The van der Waals surface area contributed by atoms with Gasteiger partial charge in [0.25, 0.3) is 15.9 Å². The highest BCUT2D eigenvalue weighted by molar-refractivity contribution is 7.92. The van der Waals surface area contributed by atoms with Crippen molar-refractivity contribution in [2.45, 2.75) is 17.7 Å². The van der Waals surface area contributed by atoms with Crippen LogP contribution in [0.25, 0.3) is 0 Å². The van der Waals surface area contributed by atoms with Gasteiger partial charge in [0.1, 0.15) is 0 Å². The number of hydrogen-bond acceptors (Lipinski definition) is 4. The van der Waals surface area contributed by atoms with Gasteiger partial charge >= 0.3 is 0 Å². The monoisotopic (exact) mass is 373 g/mol. The van der Waals surface area contributed by atoms with E-state index >= 15 is 0 Å². The third kappa shape index (κ3) is 3.70. The van der Waals surface area contributed by atoms with Gasteiger partial charge in [-0.1, -0.05) is 6.07 Å². The standard InChI is InChI=1S/C18H19N3O4S/c1-19-18(23)13-4-2-5-14(12-13)20-26(24,25)16-9-7-15(8-10-16)21-11-3-6-17(21)22/h2,4-5,7-10,12,20H,3,6,11H2,1H3,(H,19,23). The molecule has 0 unspecified atom stereocenters. The first-order valence-electron chi connectivity index (χ1n) is 8.16. The number of benzene rings is 2. The Kier molecular flexibility index (Phi) is 4.94. The molecule has 2 aromatic carbocycles. The smallest absolute Gasteiger partial charge is 0.261 e. The Hall–Kier alpha value is -2.87. The molecule has 1 aliphatic rings. The number of anilines is 2. The highest BCUT2D eigenvalue weighted by atomic mass is 32.2. The summed E-state index contributed by atoms with van der Waals surface area (Å²) in [4.78, 5) is 25.2. The summed E-state index contributed by atoms with van der Waals surface area (Å²) >= 11 is 0. The number of nitrogens with one attached hydrogen (secondary N) is 2. The van der Waals surface area contributed by atoms with Crippen molar-refractivity contribution in [3.63, 3.8) is 0 Å². The molecule has 136 valence electrons.